The number of carbonyl (C=O) groups is 6. The Morgan fingerprint density at radius 2 is 0.902 bits per heavy atom. The molecule has 2 aliphatic rings. The van der Waals surface area contributed by atoms with Crippen molar-refractivity contribution in [3.8, 4) is 22.3 Å². The number of carboxylic acids is 1. The molecule has 12 nitrogen and oxygen atoms in total. The average molecular weight is 831 g/mol. The molecule has 0 saturated heterocycles. The number of aryl methyl sites for hydroxylation is 2. The predicted molar refractivity (Wildman–Crippen MR) is 236 cm³/mol. The van der Waals surface area contributed by atoms with E-state index in [-0.39, 0.29) is 57.7 Å². The fourth-order valence-corrected chi connectivity index (χ4v) is 6.29. The van der Waals surface area contributed by atoms with Crippen molar-refractivity contribution >= 4 is 35.6 Å². The topological polar surface area (TPSA) is 180 Å². The van der Waals surface area contributed by atoms with Crippen LogP contribution in [-0.2, 0) is 4.74 Å². The molecule has 0 spiro atoms. The minimum Gasteiger partial charge on any atom is -0.478 e. The quantitative estimate of drug-likeness (QED) is 0.0888. The molecular weight excluding hydrogens is 773 g/mol. The van der Waals surface area contributed by atoms with Gasteiger partial charge in [0, 0.05) is 47.4 Å². The molecule has 5 N–H and O–H groups in total. The van der Waals surface area contributed by atoms with Crippen LogP contribution in [0.4, 0.5) is 0 Å². The van der Waals surface area contributed by atoms with Gasteiger partial charge in [0.05, 0.1) is 18.2 Å². The molecule has 0 aromatic heterocycles. The van der Waals surface area contributed by atoms with Crippen molar-refractivity contribution in [2.24, 2.45) is 10.8 Å². The molecule has 6 rings (SSSR count). The second-order valence-electron chi connectivity index (χ2n) is 18.4. The Kier molecular flexibility index (Phi) is 14.2. The summed E-state index contributed by atoms with van der Waals surface area (Å²) in [6.07, 6.45) is 4.00. The molecule has 0 atom stereocenters. The minimum absolute atomic E-state index is 0.0289. The van der Waals surface area contributed by atoms with Gasteiger partial charge in [-0.05, 0) is 132 Å². The molecule has 0 bridgehead atoms. The van der Waals surface area contributed by atoms with E-state index in [2.05, 4.69) is 21.3 Å². The maximum atomic E-state index is 12.6. The average Bonchev–Trinajstić information content (AvgIpc) is 4.16. The van der Waals surface area contributed by atoms with Crippen LogP contribution >= 0.6 is 0 Å². The Hall–Kier alpha value is -6.30. The Morgan fingerprint density at radius 3 is 1.26 bits per heavy atom. The smallest absolute Gasteiger partial charge is 0.338 e. The van der Waals surface area contributed by atoms with Gasteiger partial charge >= 0.3 is 11.9 Å². The van der Waals surface area contributed by atoms with E-state index in [9.17, 15) is 33.9 Å². The van der Waals surface area contributed by atoms with Gasteiger partial charge in [0.1, 0.15) is 0 Å². The molecule has 0 unspecified atom stereocenters. The van der Waals surface area contributed by atoms with Crippen molar-refractivity contribution < 1.29 is 38.6 Å². The number of methoxy groups -OCH3 is 1. The lowest BCUT2D eigenvalue weighted by Crippen LogP contribution is -2.32. The number of nitrogens with one attached hydrogen (secondary N) is 4. The van der Waals surface area contributed by atoms with Crippen LogP contribution in [0.3, 0.4) is 0 Å². The fraction of sp³-hybridized carbons (Fsp3) is 0.388. The van der Waals surface area contributed by atoms with E-state index >= 15 is 0 Å². The molecule has 4 aromatic carbocycles. The number of benzene rings is 4. The monoisotopic (exact) mass is 830 g/mol. The maximum Gasteiger partial charge on any atom is 0.338 e. The highest BCUT2D eigenvalue weighted by atomic mass is 16.5. The van der Waals surface area contributed by atoms with Crippen molar-refractivity contribution in [2.45, 2.75) is 93.2 Å². The number of rotatable bonds is 12. The fourth-order valence-electron chi connectivity index (χ4n) is 6.29. The lowest BCUT2D eigenvalue weighted by Gasteiger charge is -2.19. The number of carbonyl (C=O) groups excluding carboxylic acids is 5. The third kappa shape index (κ3) is 12.8. The van der Waals surface area contributed by atoms with E-state index in [1.165, 1.54) is 13.2 Å². The Balaban J connectivity index is 0.000000231. The first-order valence-electron chi connectivity index (χ1n) is 20.6. The van der Waals surface area contributed by atoms with Gasteiger partial charge in [-0.1, -0.05) is 65.8 Å². The molecular formula is C49H58N4O8. The van der Waals surface area contributed by atoms with Gasteiger partial charge < -0.3 is 31.1 Å². The molecule has 0 radical (unpaired) electrons. The van der Waals surface area contributed by atoms with Crippen molar-refractivity contribution in [1.82, 2.24) is 21.3 Å². The van der Waals surface area contributed by atoms with Crippen molar-refractivity contribution in [3.05, 3.63) is 117 Å². The van der Waals surface area contributed by atoms with E-state index in [4.69, 9.17) is 4.74 Å². The third-order valence-electron chi connectivity index (χ3n) is 10.2. The van der Waals surface area contributed by atoms with Crippen LogP contribution in [0.5, 0.6) is 0 Å². The van der Waals surface area contributed by atoms with Gasteiger partial charge in [-0.25, -0.2) is 9.59 Å². The summed E-state index contributed by atoms with van der Waals surface area (Å²) < 4.78 is 4.98. The summed E-state index contributed by atoms with van der Waals surface area (Å²) in [5.74, 6) is -2.50. The number of ether oxygens (including phenoxy) is 1. The summed E-state index contributed by atoms with van der Waals surface area (Å²) in [5.41, 5.74) is 6.17. The summed E-state index contributed by atoms with van der Waals surface area (Å²) in [5, 5.41) is 21.4. The lowest BCUT2D eigenvalue weighted by molar-refractivity contribution is 0.0600. The highest BCUT2D eigenvalue weighted by Crippen LogP contribution is 2.32. The highest BCUT2D eigenvalue weighted by molar-refractivity contribution is 6.04. The van der Waals surface area contributed by atoms with Crippen LogP contribution < -0.4 is 21.3 Å². The number of aromatic carboxylic acids is 1. The van der Waals surface area contributed by atoms with Gasteiger partial charge in [-0.2, -0.15) is 0 Å². The van der Waals surface area contributed by atoms with Crippen molar-refractivity contribution in [2.75, 3.05) is 20.2 Å². The zero-order valence-corrected chi connectivity index (χ0v) is 36.6. The first kappa shape index (κ1) is 45.8. The number of carboxylic acid groups (broad SMARTS) is 1. The molecule has 61 heavy (non-hydrogen) atoms. The summed E-state index contributed by atoms with van der Waals surface area (Å²) in [4.78, 5) is 74.5. The third-order valence-corrected chi connectivity index (χ3v) is 10.2. The molecule has 0 aliphatic heterocycles. The SMILES string of the molecule is COC(=O)c1cc(C(=O)NCC(C)(C)C)ccc1-c1cc(C(=O)NC2CC2)ccc1C.Cc1ccc(C(=O)NC2CC2)cc1-c1ccc(C(=O)NCC(C)(C)C)cc1C(=O)O. The molecule has 2 saturated carbocycles. The van der Waals surface area contributed by atoms with Crippen LogP contribution in [0.2, 0.25) is 0 Å². The Morgan fingerprint density at radius 1 is 0.541 bits per heavy atom. The van der Waals surface area contributed by atoms with Crippen LogP contribution in [0.1, 0.15) is 141 Å². The van der Waals surface area contributed by atoms with Gasteiger partial charge in [-0.15, -0.1) is 0 Å². The van der Waals surface area contributed by atoms with E-state index in [0.29, 0.717) is 52.0 Å². The molecule has 2 fully saturated rings. The highest BCUT2D eigenvalue weighted by Gasteiger charge is 2.26. The van der Waals surface area contributed by atoms with Crippen LogP contribution in [0.25, 0.3) is 22.3 Å². The number of esters is 1. The maximum absolute atomic E-state index is 12.6. The van der Waals surface area contributed by atoms with Crippen LogP contribution in [0, 0.1) is 24.7 Å². The molecule has 12 heteroatoms. The summed E-state index contributed by atoms with van der Waals surface area (Å²) in [6.45, 7) is 16.9. The number of hydrogen-bond donors (Lipinski definition) is 5. The standard InChI is InChI=1S/C25H30N2O4.C24H28N2O4/c1-15-6-7-17(23(29)27-18-9-10-18)12-20(15)19-11-8-16(13-21(19)24(30)31-5)22(28)26-14-25(2,3)4;1-14-5-6-16(22(28)26-17-8-9-17)11-19(14)18-10-7-15(12-20(18)23(29)30)21(27)25-13-24(2,3)4/h6-8,11-13,18H,9-10,14H2,1-5H3,(H,26,28)(H,27,29);5-7,10-12,17H,8-9,13H2,1-4H3,(H,25,27)(H,26,28)(H,29,30). The van der Waals surface area contributed by atoms with Gasteiger partial charge in [-0.3, -0.25) is 19.2 Å². The number of amides is 4. The van der Waals surface area contributed by atoms with Crippen molar-refractivity contribution in [3.63, 3.8) is 0 Å². The minimum atomic E-state index is -1.12. The summed E-state index contributed by atoms with van der Waals surface area (Å²) in [7, 11) is 1.31. The zero-order valence-electron chi connectivity index (χ0n) is 36.6. The van der Waals surface area contributed by atoms with Gasteiger partial charge in [0.2, 0.25) is 0 Å². The lowest BCUT2D eigenvalue weighted by atomic mass is 9.92. The second kappa shape index (κ2) is 19.0. The van der Waals surface area contributed by atoms with Crippen LogP contribution in [0.15, 0.2) is 72.8 Å². The molecule has 4 amide bonds. The molecule has 0 heterocycles. The van der Waals surface area contributed by atoms with E-state index < -0.39 is 11.9 Å². The van der Waals surface area contributed by atoms with Gasteiger partial charge in [0.15, 0.2) is 0 Å². The van der Waals surface area contributed by atoms with E-state index in [0.717, 1.165) is 42.4 Å². The Labute approximate surface area is 358 Å². The second-order valence-corrected chi connectivity index (χ2v) is 18.4. The summed E-state index contributed by atoms with van der Waals surface area (Å²) >= 11 is 0. The number of hydrogen-bond acceptors (Lipinski definition) is 7. The van der Waals surface area contributed by atoms with E-state index in [1.54, 1.807) is 54.6 Å². The molecule has 2 aliphatic carbocycles. The first-order chi connectivity index (χ1) is 28.6. The van der Waals surface area contributed by atoms with Gasteiger partial charge in [0.25, 0.3) is 23.6 Å². The van der Waals surface area contributed by atoms with E-state index in [1.807, 2.05) is 67.5 Å². The summed E-state index contributed by atoms with van der Waals surface area (Å²) in [6, 6.07) is 20.8. The largest absolute Gasteiger partial charge is 0.478 e. The molecule has 322 valence electrons. The predicted octanol–water partition coefficient (Wildman–Crippen LogP) is 8.15. The van der Waals surface area contributed by atoms with Crippen LogP contribution in [-0.4, -0.2) is 73.0 Å². The normalized spacial score (nSPS) is 13.5. The molecule has 4 aromatic rings. The zero-order chi connectivity index (χ0) is 44.8. The van der Waals surface area contributed by atoms with Crippen molar-refractivity contribution in [1.29, 1.82) is 0 Å². The first-order valence-corrected chi connectivity index (χ1v) is 20.6. The Bertz CT molecular complexity index is 2350.